The predicted molar refractivity (Wildman–Crippen MR) is 108 cm³/mol. The van der Waals surface area contributed by atoms with Crippen LogP contribution in [0.4, 0.5) is 4.79 Å². The molecule has 26 heavy (non-hydrogen) atoms. The van der Waals surface area contributed by atoms with Crippen molar-refractivity contribution in [3.63, 3.8) is 0 Å². The fourth-order valence-corrected chi connectivity index (χ4v) is 2.99. The van der Waals surface area contributed by atoms with E-state index >= 15 is 0 Å². The molecule has 8 heteroatoms. The molecule has 1 aromatic heterocycles. The largest absolute Gasteiger partial charge is 0.444 e. The van der Waals surface area contributed by atoms with Crippen molar-refractivity contribution in [2.45, 2.75) is 53.2 Å². The number of hydrogen-bond donors (Lipinski definition) is 2. The minimum Gasteiger partial charge on any atom is -0.444 e. The van der Waals surface area contributed by atoms with Crippen LogP contribution < -0.4 is 10.6 Å². The van der Waals surface area contributed by atoms with Crippen molar-refractivity contribution in [3.8, 4) is 0 Å². The molecule has 1 aromatic rings. The van der Waals surface area contributed by atoms with Gasteiger partial charge in [0, 0.05) is 38.3 Å². The summed E-state index contributed by atoms with van der Waals surface area (Å²) in [6.45, 7) is 11.8. The summed E-state index contributed by atoms with van der Waals surface area (Å²) in [4.78, 5) is 23.5. The summed E-state index contributed by atoms with van der Waals surface area (Å²) in [6.07, 6.45) is 2.63. The highest BCUT2D eigenvalue weighted by Crippen LogP contribution is 2.13. The molecule has 0 saturated carbocycles. The van der Waals surface area contributed by atoms with Crippen molar-refractivity contribution in [1.82, 2.24) is 20.5 Å². The van der Waals surface area contributed by atoms with Gasteiger partial charge in [-0.05, 0) is 33.1 Å². The Hall–Kier alpha value is -1.83. The van der Waals surface area contributed by atoms with Crippen LogP contribution in [0.3, 0.4) is 0 Å². The molecule has 1 rings (SSSR count). The molecular weight excluding hydrogens is 350 g/mol. The summed E-state index contributed by atoms with van der Waals surface area (Å²) in [5.41, 5.74) is -0.480. The molecule has 0 aromatic carbocycles. The maximum atomic E-state index is 12.0. The summed E-state index contributed by atoms with van der Waals surface area (Å²) in [5.74, 6) is 0.975. The Labute approximate surface area is 161 Å². The monoisotopic (exact) mass is 383 g/mol. The number of rotatable bonds is 7. The van der Waals surface area contributed by atoms with Gasteiger partial charge in [0.15, 0.2) is 5.96 Å². The molecule has 0 aliphatic heterocycles. The van der Waals surface area contributed by atoms with Gasteiger partial charge in [-0.3, -0.25) is 4.99 Å². The van der Waals surface area contributed by atoms with Crippen molar-refractivity contribution in [3.05, 3.63) is 16.1 Å². The zero-order chi connectivity index (χ0) is 19.7. The standard InChI is InChI=1S/C18H33N5O2S/c1-8-14-10-20-15(26-14)11-22-16(19-6)21-9-13(2)12-23(7)17(24)25-18(3,4)5/h10,13H,8-9,11-12H2,1-7H3,(H2,19,21,22). The Morgan fingerprint density at radius 2 is 2.12 bits per heavy atom. The molecule has 0 spiro atoms. The van der Waals surface area contributed by atoms with Gasteiger partial charge in [-0.15, -0.1) is 11.3 Å². The van der Waals surface area contributed by atoms with E-state index in [1.807, 2.05) is 27.0 Å². The van der Waals surface area contributed by atoms with Gasteiger partial charge < -0.3 is 20.3 Å². The number of carbonyl (C=O) groups excluding carboxylic acids is 1. The van der Waals surface area contributed by atoms with E-state index < -0.39 is 5.60 Å². The molecule has 7 nitrogen and oxygen atoms in total. The number of guanidine groups is 1. The van der Waals surface area contributed by atoms with Crippen LogP contribution in [-0.4, -0.2) is 54.7 Å². The van der Waals surface area contributed by atoms with Crippen molar-refractivity contribution < 1.29 is 9.53 Å². The summed E-state index contributed by atoms with van der Waals surface area (Å²) < 4.78 is 5.37. The topological polar surface area (TPSA) is 78.9 Å². The average molecular weight is 384 g/mol. The van der Waals surface area contributed by atoms with Crippen LogP contribution in [0, 0.1) is 5.92 Å². The summed E-state index contributed by atoms with van der Waals surface area (Å²) in [7, 11) is 3.50. The van der Waals surface area contributed by atoms with E-state index in [9.17, 15) is 4.79 Å². The number of amides is 1. The Morgan fingerprint density at radius 1 is 1.42 bits per heavy atom. The lowest BCUT2D eigenvalue weighted by atomic mass is 10.1. The third-order valence-corrected chi connectivity index (χ3v) is 4.63. The van der Waals surface area contributed by atoms with Crippen molar-refractivity contribution in [2.24, 2.45) is 10.9 Å². The third-order valence-electron chi connectivity index (χ3n) is 3.49. The van der Waals surface area contributed by atoms with E-state index in [-0.39, 0.29) is 12.0 Å². The summed E-state index contributed by atoms with van der Waals surface area (Å²) >= 11 is 1.71. The lowest BCUT2D eigenvalue weighted by Gasteiger charge is -2.26. The minimum atomic E-state index is -0.480. The molecule has 2 N–H and O–H groups in total. The zero-order valence-corrected chi connectivity index (χ0v) is 17.9. The van der Waals surface area contributed by atoms with Crippen molar-refractivity contribution in [2.75, 3.05) is 27.2 Å². The zero-order valence-electron chi connectivity index (χ0n) is 17.0. The fourth-order valence-electron chi connectivity index (χ4n) is 2.19. The van der Waals surface area contributed by atoms with Crippen LogP contribution in [0.15, 0.2) is 11.2 Å². The van der Waals surface area contributed by atoms with Gasteiger partial charge in [0.05, 0.1) is 6.54 Å². The van der Waals surface area contributed by atoms with Crippen LogP contribution in [0.1, 0.15) is 44.5 Å². The Morgan fingerprint density at radius 3 is 2.65 bits per heavy atom. The first kappa shape index (κ1) is 22.2. The van der Waals surface area contributed by atoms with Crippen LogP contribution in [-0.2, 0) is 17.7 Å². The lowest BCUT2D eigenvalue weighted by Crippen LogP contribution is -2.42. The minimum absolute atomic E-state index is 0.248. The Balaban J connectivity index is 2.36. The molecule has 0 radical (unpaired) electrons. The van der Waals surface area contributed by atoms with Crippen LogP contribution in [0.2, 0.25) is 0 Å². The van der Waals surface area contributed by atoms with E-state index in [1.54, 1.807) is 30.3 Å². The highest BCUT2D eigenvalue weighted by Gasteiger charge is 2.20. The molecule has 0 bridgehead atoms. The normalized spacial score (nSPS) is 13.3. The quantitative estimate of drug-likeness (QED) is 0.559. The highest BCUT2D eigenvalue weighted by atomic mass is 32.1. The number of aromatic nitrogens is 1. The lowest BCUT2D eigenvalue weighted by molar-refractivity contribution is 0.0278. The molecule has 1 unspecified atom stereocenters. The second kappa shape index (κ2) is 10.4. The van der Waals surface area contributed by atoms with Crippen molar-refractivity contribution >= 4 is 23.4 Å². The number of hydrogen-bond acceptors (Lipinski definition) is 5. The van der Waals surface area contributed by atoms with Gasteiger partial charge in [0.2, 0.25) is 0 Å². The van der Waals surface area contributed by atoms with Gasteiger partial charge in [0.25, 0.3) is 0 Å². The molecule has 0 fully saturated rings. The third kappa shape index (κ3) is 8.51. The van der Waals surface area contributed by atoms with Crippen LogP contribution >= 0.6 is 11.3 Å². The number of nitrogens with one attached hydrogen (secondary N) is 2. The number of ether oxygens (including phenoxy) is 1. The molecule has 1 atom stereocenters. The maximum Gasteiger partial charge on any atom is 0.410 e. The maximum absolute atomic E-state index is 12.0. The van der Waals surface area contributed by atoms with Gasteiger partial charge in [-0.2, -0.15) is 0 Å². The summed E-state index contributed by atoms with van der Waals surface area (Å²) in [5, 5.41) is 7.60. The molecule has 1 heterocycles. The molecule has 0 aliphatic carbocycles. The highest BCUT2D eigenvalue weighted by molar-refractivity contribution is 7.11. The number of nitrogens with zero attached hydrogens (tertiary/aromatic N) is 3. The first-order valence-corrected chi connectivity index (χ1v) is 9.78. The Bertz CT molecular complexity index is 595. The number of aliphatic imine (C=N–C) groups is 1. The van der Waals surface area contributed by atoms with E-state index in [0.29, 0.717) is 19.6 Å². The van der Waals surface area contributed by atoms with Gasteiger partial charge in [0.1, 0.15) is 10.6 Å². The van der Waals surface area contributed by atoms with E-state index in [4.69, 9.17) is 4.74 Å². The van der Waals surface area contributed by atoms with Crippen LogP contribution in [0.25, 0.3) is 0 Å². The first-order valence-electron chi connectivity index (χ1n) is 8.96. The molecule has 0 saturated heterocycles. The second-order valence-corrected chi connectivity index (χ2v) is 8.55. The van der Waals surface area contributed by atoms with E-state index in [1.165, 1.54) is 4.88 Å². The number of carbonyl (C=O) groups is 1. The van der Waals surface area contributed by atoms with Gasteiger partial charge in [-0.25, -0.2) is 9.78 Å². The fraction of sp³-hybridized carbons (Fsp3) is 0.722. The second-order valence-electron chi connectivity index (χ2n) is 7.35. The number of thiazole rings is 1. The van der Waals surface area contributed by atoms with Gasteiger partial charge >= 0.3 is 6.09 Å². The molecular formula is C18H33N5O2S. The summed E-state index contributed by atoms with van der Waals surface area (Å²) in [6, 6.07) is 0. The first-order chi connectivity index (χ1) is 12.1. The van der Waals surface area contributed by atoms with Crippen molar-refractivity contribution in [1.29, 1.82) is 0 Å². The van der Waals surface area contributed by atoms with Gasteiger partial charge in [-0.1, -0.05) is 13.8 Å². The molecule has 0 aliphatic rings. The average Bonchev–Trinajstić information content (AvgIpc) is 3.01. The number of aryl methyl sites for hydroxylation is 1. The van der Waals surface area contributed by atoms with Crippen LogP contribution in [0.5, 0.6) is 0 Å². The Kier molecular flexibility index (Phi) is 8.84. The SMILES string of the molecule is CCc1cnc(CNC(=NC)NCC(C)CN(C)C(=O)OC(C)(C)C)s1. The smallest absolute Gasteiger partial charge is 0.410 e. The molecule has 1 amide bonds. The van der Waals surface area contributed by atoms with E-state index in [0.717, 1.165) is 17.4 Å². The molecule has 148 valence electrons. The predicted octanol–water partition coefficient (Wildman–Crippen LogP) is 2.87. The van der Waals surface area contributed by atoms with E-state index in [2.05, 4.69) is 34.5 Å².